The average Bonchev–Trinajstić information content (AvgIpc) is 3.36. The van der Waals surface area contributed by atoms with Gasteiger partial charge in [0.15, 0.2) is 6.04 Å². The van der Waals surface area contributed by atoms with Crippen molar-refractivity contribution in [1.29, 1.82) is 0 Å². The third-order valence-corrected chi connectivity index (χ3v) is 12.6. The SMILES string of the molecule is CC1(C)C[C@@H]2C(=Cc3cccc(CN4O[C@@H]5[C@H]6OCO[C@H]6[C@@H]6C[C@]5(C(=O)NCCC(=O)NCCO)[C@@H]4C(=O)O6)c3)CCC3O[C@]3(C)CC[C@H]21. The zero-order valence-electron chi connectivity index (χ0n) is 28.7. The molecule has 3 aliphatic carbocycles. The molecule has 10 atom stereocenters. The normalized spacial score (nSPS) is 40.8. The van der Waals surface area contributed by atoms with Crippen LogP contribution >= 0.6 is 0 Å². The van der Waals surface area contributed by atoms with Crippen LogP contribution in [0, 0.1) is 22.7 Å². The van der Waals surface area contributed by atoms with Crippen molar-refractivity contribution >= 4 is 23.9 Å². The Hall–Kier alpha value is -2.87. The van der Waals surface area contributed by atoms with E-state index in [0.29, 0.717) is 23.4 Å². The number of aliphatic hydroxyl groups excluding tert-OH is 1. The number of rotatable bonds is 9. The van der Waals surface area contributed by atoms with E-state index in [2.05, 4.69) is 49.6 Å². The minimum absolute atomic E-state index is 0.0263. The van der Waals surface area contributed by atoms with Gasteiger partial charge in [-0.1, -0.05) is 49.8 Å². The van der Waals surface area contributed by atoms with Gasteiger partial charge in [0.25, 0.3) is 0 Å². The predicted molar refractivity (Wildman–Crippen MR) is 175 cm³/mol. The fourth-order valence-corrected chi connectivity index (χ4v) is 9.95. The number of carbonyl (C=O) groups is 3. The molecule has 4 aliphatic heterocycles. The number of aliphatic hydroxyl groups is 1. The van der Waals surface area contributed by atoms with Crippen LogP contribution in [-0.2, 0) is 44.7 Å². The number of hydroxylamine groups is 2. The van der Waals surface area contributed by atoms with Crippen LogP contribution in [-0.4, -0.2) is 96.6 Å². The topological polar surface area (TPSA) is 148 Å². The molecule has 1 aromatic carbocycles. The molecule has 49 heavy (non-hydrogen) atoms. The number of benzene rings is 1. The highest BCUT2D eigenvalue weighted by molar-refractivity contribution is 5.93. The van der Waals surface area contributed by atoms with Crippen LogP contribution in [0.5, 0.6) is 0 Å². The Morgan fingerprint density at radius 2 is 1.92 bits per heavy atom. The molecule has 2 amide bonds. The zero-order valence-corrected chi connectivity index (χ0v) is 28.7. The summed E-state index contributed by atoms with van der Waals surface area (Å²) in [5.74, 6) is 0.0383. The summed E-state index contributed by atoms with van der Waals surface area (Å²) in [7, 11) is 0. The average molecular weight is 680 g/mol. The van der Waals surface area contributed by atoms with Crippen LogP contribution in [0.3, 0.4) is 0 Å². The van der Waals surface area contributed by atoms with E-state index in [9.17, 15) is 14.4 Å². The number of nitrogens with one attached hydrogen (secondary N) is 2. The molecule has 0 radical (unpaired) electrons. The Labute approximate surface area is 287 Å². The summed E-state index contributed by atoms with van der Waals surface area (Å²) in [5, 5.41) is 16.1. The van der Waals surface area contributed by atoms with Crippen molar-refractivity contribution in [1.82, 2.24) is 15.7 Å². The molecule has 7 aliphatic rings. The quantitative estimate of drug-likeness (QED) is 0.263. The number of allylic oxidation sites excluding steroid dienone is 1. The maximum Gasteiger partial charge on any atom is 0.327 e. The molecule has 1 aromatic rings. The summed E-state index contributed by atoms with van der Waals surface area (Å²) < 4.78 is 23.8. The zero-order chi connectivity index (χ0) is 34.1. The summed E-state index contributed by atoms with van der Waals surface area (Å²) in [6, 6.07) is 7.33. The lowest BCUT2D eigenvalue weighted by Crippen LogP contribution is -2.69. The lowest BCUT2D eigenvalue weighted by molar-refractivity contribution is -0.201. The van der Waals surface area contributed by atoms with Gasteiger partial charge in [-0.05, 0) is 67.4 Å². The molecule has 0 spiro atoms. The fourth-order valence-electron chi connectivity index (χ4n) is 9.95. The molecular weight excluding hydrogens is 630 g/mol. The van der Waals surface area contributed by atoms with Crippen molar-refractivity contribution in [3.05, 3.63) is 41.0 Å². The number of amides is 2. The number of ether oxygens (including phenoxy) is 4. The molecule has 2 bridgehead atoms. The van der Waals surface area contributed by atoms with E-state index in [1.807, 2.05) is 12.1 Å². The summed E-state index contributed by atoms with van der Waals surface area (Å²) in [6.07, 6.45) is 6.04. The second kappa shape index (κ2) is 12.4. The van der Waals surface area contributed by atoms with Crippen LogP contribution in [0.1, 0.15) is 76.8 Å². The molecule has 266 valence electrons. The number of carbonyl (C=O) groups excluding carboxylic acids is 3. The lowest BCUT2D eigenvalue weighted by atomic mass is 9.52. The van der Waals surface area contributed by atoms with Gasteiger partial charge >= 0.3 is 5.97 Å². The third-order valence-electron chi connectivity index (χ3n) is 12.6. The first-order valence-electron chi connectivity index (χ1n) is 18.0. The molecule has 8 rings (SSSR count). The van der Waals surface area contributed by atoms with Gasteiger partial charge in [0.1, 0.15) is 36.6 Å². The van der Waals surface area contributed by atoms with Crippen LogP contribution in [0.25, 0.3) is 6.08 Å². The number of epoxide rings is 1. The highest BCUT2D eigenvalue weighted by Crippen LogP contribution is 2.60. The van der Waals surface area contributed by atoms with Gasteiger partial charge < -0.3 is 34.7 Å². The Kier molecular flexibility index (Phi) is 8.43. The van der Waals surface area contributed by atoms with Crippen LogP contribution in [0.15, 0.2) is 29.8 Å². The summed E-state index contributed by atoms with van der Waals surface area (Å²) >= 11 is 0. The molecular formula is C37H49N3O9. The number of nitrogens with zero attached hydrogens (tertiary/aromatic N) is 1. The monoisotopic (exact) mass is 679 g/mol. The first kappa shape index (κ1) is 33.3. The number of fused-ring (bicyclic) bond motifs is 6. The van der Waals surface area contributed by atoms with Crippen molar-refractivity contribution in [3.8, 4) is 0 Å². The minimum Gasteiger partial charge on any atom is -0.458 e. The number of esters is 1. The minimum atomic E-state index is -1.28. The van der Waals surface area contributed by atoms with Crippen molar-refractivity contribution in [2.45, 2.75) is 114 Å². The smallest absolute Gasteiger partial charge is 0.327 e. The highest BCUT2D eigenvalue weighted by Gasteiger charge is 2.74. The third kappa shape index (κ3) is 5.72. The van der Waals surface area contributed by atoms with Gasteiger partial charge in [0.2, 0.25) is 11.8 Å². The van der Waals surface area contributed by atoms with Crippen molar-refractivity contribution < 1.29 is 43.3 Å². The Morgan fingerprint density at radius 1 is 1.08 bits per heavy atom. The molecule has 12 heteroatoms. The van der Waals surface area contributed by atoms with Crippen molar-refractivity contribution in [3.63, 3.8) is 0 Å². The molecule has 1 unspecified atom stereocenters. The Bertz CT molecular complexity index is 1530. The van der Waals surface area contributed by atoms with Crippen molar-refractivity contribution in [2.75, 3.05) is 26.5 Å². The van der Waals surface area contributed by atoms with Gasteiger partial charge in [-0.15, -0.1) is 0 Å². The van der Waals surface area contributed by atoms with E-state index < -0.39 is 41.8 Å². The molecule has 7 fully saturated rings. The van der Waals surface area contributed by atoms with Crippen LogP contribution in [0.2, 0.25) is 0 Å². The molecule has 4 heterocycles. The predicted octanol–water partition coefficient (Wildman–Crippen LogP) is 2.62. The van der Waals surface area contributed by atoms with E-state index in [0.717, 1.165) is 30.4 Å². The highest BCUT2D eigenvalue weighted by atomic mass is 16.8. The van der Waals surface area contributed by atoms with Gasteiger partial charge in [0, 0.05) is 25.9 Å². The fraction of sp³-hybridized carbons (Fsp3) is 0.703. The van der Waals surface area contributed by atoms with E-state index in [-0.39, 0.29) is 63.3 Å². The summed E-state index contributed by atoms with van der Waals surface area (Å²) in [5.41, 5.74) is 2.64. The molecule has 3 N–H and O–H groups in total. The molecule has 3 saturated carbocycles. The second-order valence-electron chi connectivity index (χ2n) is 16.0. The van der Waals surface area contributed by atoms with E-state index >= 15 is 0 Å². The van der Waals surface area contributed by atoms with E-state index in [1.54, 1.807) is 5.06 Å². The molecule has 12 nitrogen and oxygen atoms in total. The Balaban J connectivity index is 1.03. The van der Waals surface area contributed by atoms with Crippen LogP contribution < -0.4 is 10.6 Å². The maximum absolute atomic E-state index is 14.1. The lowest BCUT2D eigenvalue weighted by Gasteiger charge is -2.53. The second-order valence-corrected chi connectivity index (χ2v) is 16.0. The first-order chi connectivity index (χ1) is 23.5. The number of hydrogen-bond acceptors (Lipinski definition) is 10. The van der Waals surface area contributed by atoms with Gasteiger partial charge in [0.05, 0.1) is 24.9 Å². The van der Waals surface area contributed by atoms with Crippen molar-refractivity contribution in [2.24, 2.45) is 22.7 Å². The van der Waals surface area contributed by atoms with Gasteiger partial charge in [-0.2, -0.15) is 5.06 Å². The van der Waals surface area contributed by atoms with E-state index in [4.69, 9.17) is 28.9 Å². The largest absolute Gasteiger partial charge is 0.458 e. The Morgan fingerprint density at radius 3 is 2.73 bits per heavy atom. The maximum atomic E-state index is 14.1. The molecule has 4 saturated heterocycles. The standard InChI is InChI=1S/C37H49N3O9/c1-35(2)17-24-23(7-8-27-36(3,48-27)11-9-25(24)35)16-21-5-4-6-22(15-21)19-40-31-33(43)47-26-18-37(31,32(49-40)30-29(26)45-20-46-30)34(44)39-12-10-28(42)38-13-14-41/h4-6,15-16,24-27,29-32,41H,7-14,17-20H2,1-3H3,(H,38,42)(H,39,44)/t24-,25-,26+,27?,29+,30+,31+,32-,36-,37+/m1/s1. The van der Waals surface area contributed by atoms with Gasteiger partial charge in [-0.25, -0.2) is 0 Å². The van der Waals surface area contributed by atoms with Crippen LogP contribution in [0.4, 0.5) is 0 Å². The van der Waals surface area contributed by atoms with Gasteiger partial charge in [-0.3, -0.25) is 19.2 Å². The summed E-state index contributed by atoms with van der Waals surface area (Å²) in [6.45, 7) is 7.42. The first-order valence-corrected chi connectivity index (χ1v) is 18.0. The molecule has 0 aromatic heterocycles. The summed E-state index contributed by atoms with van der Waals surface area (Å²) in [4.78, 5) is 46.5. The number of hydrogen-bond donors (Lipinski definition) is 3. The van der Waals surface area contributed by atoms with E-state index in [1.165, 1.54) is 18.4 Å².